The normalized spacial score (nSPS) is 16.1. The summed E-state index contributed by atoms with van der Waals surface area (Å²) in [6.07, 6.45) is 5.14. The zero-order chi connectivity index (χ0) is 27.3. The highest BCUT2D eigenvalue weighted by molar-refractivity contribution is 9.10. The van der Waals surface area contributed by atoms with Crippen molar-refractivity contribution in [3.63, 3.8) is 0 Å². The Morgan fingerprint density at radius 2 is 1.82 bits per heavy atom. The molecule has 1 aliphatic carbocycles. The number of ether oxygens (including phenoxy) is 2. The predicted octanol–water partition coefficient (Wildman–Crippen LogP) is 4.20. The van der Waals surface area contributed by atoms with E-state index in [0.29, 0.717) is 17.2 Å². The van der Waals surface area contributed by atoms with Crippen LogP contribution < -0.4 is 19.1 Å². The van der Waals surface area contributed by atoms with Gasteiger partial charge in [-0.15, -0.1) is 0 Å². The molecule has 0 aromatic heterocycles. The van der Waals surface area contributed by atoms with Crippen molar-refractivity contribution in [2.45, 2.75) is 64.6 Å². The number of fused-ring (bicyclic) bond motifs is 1. The van der Waals surface area contributed by atoms with Gasteiger partial charge < -0.3 is 19.7 Å². The van der Waals surface area contributed by atoms with Crippen molar-refractivity contribution in [2.75, 3.05) is 23.4 Å². The average Bonchev–Trinajstić information content (AvgIpc) is 3.38. The van der Waals surface area contributed by atoms with Crippen LogP contribution in [0.25, 0.3) is 0 Å². The number of amides is 2. The van der Waals surface area contributed by atoms with Gasteiger partial charge in [-0.05, 0) is 56.5 Å². The zero-order valence-corrected chi connectivity index (χ0v) is 24.1. The third-order valence-electron chi connectivity index (χ3n) is 6.98. The maximum absolute atomic E-state index is 13.8. The largest absolute Gasteiger partial charge is 0.454 e. The molecule has 1 heterocycles. The fraction of sp³-hybridized carbons (Fsp3) is 0.481. The maximum Gasteiger partial charge on any atom is 0.244 e. The summed E-state index contributed by atoms with van der Waals surface area (Å²) in [7, 11) is -3.83. The molecule has 4 rings (SSSR count). The molecule has 0 bridgehead atoms. The molecule has 206 valence electrons. The Morgan fingerprint density at radius 1 is 1.08 bits per heavy atom. The summed E-state index contributed by atoms with van der Waals surface area (Å²) in [4.78, 5) is 28.5. The van der Waals surface area contributed by atoms with Crippen LogP contribution in [0.3, 0.4) is 0 Å². The van der Waals surface area contributed by atoms with E-state index in [-0.39, 0.29) is 31.0 Å². The van der Waals surface area contributed by atoms with Crippen LogP contribution in [0.15, 0.2) is 46.9 Å². The minimum atomic E-state index is -3.83. The van der Waals surface area contributed by atoms with Gasteiger partial charge in [0.2, 0.25) is 28.6 Å². The number of halogens is 1. The molecule has 2 aromatic rings. The van der Waals surface area contributed by atoms with Crippen molar-refractivity contribution in [3.05, 3.63) is 52.5 Å². The van der Waals surface area contributed by atoms with E-state index in [2.05, 4.69) is 21.2 Å². The lowest BCUT2D eigenvalue weighted by Crippen LogP contribution is -2.53. The van der Waals surface area contributed by atoms with Crippen LogP contribution in [-0.4, -0.2) is 56.3 Å². The van der Waals surface area contributed by atoms with E-state index in [0.717, 1.165) is 46.4 Å². The van der Waals surface area contributed by atoms with Crippen LogP contribution in [-0.2, 0) is 26.2 Å². The molecule has 0 spiro atoms. The van der Waals surface area contributed by atoms with Crippen LogP contribution in [0, 0.1) is 0 Å². The van der Waals surface area contributed by atoms with E-state index in [1.807, 2.05) is 24.3 Å². The van der Waals surface area contributed by atoms with E-state index >= 15 is 0 Å². The first kappa shape index (κ1) is 28.2. The summed E-state index contributed by atoms with van der Waals surface area (Å²) in [5.41, 5.74) is 1.11. The van der Waals surface area contributed by atoms with E-state index in [4.69, 9.17) is 9.47 Å². The molecule has 1 fully saturated rings. The number of benzene rings is 2. The van der Waals surface area contributed by atoms with E-state index in [1.54, 1.807) is 25.1 Å². The number of hydrogen-bond acceptors (Lipinski definition) is 6. The fourth-order valence-electron chi connectivity index (χ4n) is 4.74. The van der Waals surface area contributed by atoms with Crippen LogP contribution >= 0.6 is 15.9 Å². The van der Waals surface area contributed by atoms with Gasteiger partial charge in [-0.1, -0.05) is 47.3 Å². The van der Waals surface area contributed by atoms with Gasteiger partial charge in [0.25, 0.3) is 0 Å². The van der Waals surface area contributed by atoms with E-state index < -0.39 is 28.5 Å². The number of nitrogens with zero attached hydrogens (tertiary/aromatic N) is 2. The summed E-state index contributed by atoms with van der Waals surface area (Å²) in [5.74, 6) is 0.00723. The molecule has 2 amide bonds. The highest BCUT2D eigenvalue weighted by Crippen LogP contribution is 2.36. The summed E-state index contributed by atoms with van der Waals surface area (Å²) >= 11 is 3.46. The van der Waals surface area contributed by atoms with Crippen LogP contribution in [0.4, 0.5) is 5.69 Å². The minimum absolute atomic E-state index is 0.0479. The SMILES string of the molecule is CCS(=O)(=O)N(CC(=O)N(Cc1cccc(Br)c1)C(C)C(=O)NC1CCCCC1)c1ccc2c(c1)OCO2. The standard InChI is InChI=1S/C27H34BrN3O6S/c1-3-38(34,35)31(23-12-13-24-25(15-23)37-18-36-24)17-26(32)30(16-20-8-7-9-21(28)14-20)19(2)27(33)29-22-10-5-4-6-11-22/h7-9,12-15,19,22H,3-6,10-11,16-18H2,1-2H3,(H,29,33). The van der Waals surface area contributed by atoms with Gasteiger partial charge in [0.05, 0.1) is 11.4 Å². The summed E-state index contributed by atoms with van der Waals surface area (Å²) < 4.78 is 38.9. The lowest BCUT2D eigenvalue weighted by atomic mass is 9.95. The van der Waals surface area contributed by atoms with Gasteiger partial charge in [-0.2, -0.15) is 0 Å². The number of sulfonamides is 1. The topological polar surface area (TPSA) is 105 Å². The molecule has 0 saturated heterocycles. The highest BCUT2D eigenvalue weighted by Gasteiger charge is 2.32. The molecule has 9 nitrogen and oxygen atoms in total. The molecule has 1 aliphatic heterocycles. The first-order valence-electron chi connectivity index (χ1n) is 12.9. The second-order valence-corrected chi connectivity index (χ2v) is 12.7. The number of nitrogens with one attached hydrogen (secondary N) is 1. The van der Waals surface area contributed by atoms with Crippen molar-refractivity contribution < 1.29 is 27.5 Å². The third-order valence-corrected chi connectivity index (χ3v) is 9.22. The Bertz CT molecular complexity index is 1270. The predicted molar refractivity (Wildman–Crippen MR) is 149 cm³/mol. The molecule has 2 aliphatic rings. The third kappa shape index (κ3) is 6.79. The molecule has 1 unspecified atom stereocenters. The molecular formula is C27H34BrN3O6S. The molecule has 1 saturated carbocycles. The summed E-state index contributed by atoms with van der Waals surface area (Å²) in [5, 5.41) is 3.10. The average molecular weight is 609 g/mol. The van der Waals surface area contributed by atoms with Crippen LogP contribution in [0.1, 0.15) is 51.5 Å². The minimum Gasteiger partial charge on any atom is -0.454 e. The van der Waals surface area contributed by atoms with Gasteiger partial charge >= 0.3 is 0 Å². The highest BCUT2D eigenvalue weighted by atomic mass is 79.9. The van der Waals surface area contributed by atoms with Crippen molar-refractivity contribution in [2.24, 2.45) is 0 Å². The summed E-state index contributed by atoms with van der Waals surface area (Å²) in [6.45, 7) is 2.96. The molecule has 1 atom stereocenters. The number of hydrogen-bond donors (Lipinski definition) is 1. The molecular weight excluding hydrogens is 574 g/mol. The molecule has 2 aromatic carbocycles. The van der Waals surface area contributed by atoms with Gasteiger partial charge in [-0.25, -0.2) is 8.42 Å². The van der Waals surface area contributed by atoms with Crippen molar-refractivity contribution in [1.29, 1.82) is 0 Å². The molecule has 1 N–H and O–H groups in total. The Kier molecular flexibility index (Phi) is 9.19. The van der Waals surface area contributed by atoms with Crippen molar-refractivity contribution in [1.82, 2.24) is 10.2 Å². The second kappa shape index (κ2) is 12.4. The van der Waals surface area contributed by atoms with Crippen molar-refractivity contribution in [3.8, 4) is 11.5 Å². The van der Waals surface area contributed by atoms with Crippen molar-refractivity contribution >= 4 is 43.5 Å². The van der Waals surface area contributed by atoms with E-state index in [9.17, 15) is 18.0 Å². The number of anilines is 1. The second-order valence-electron chi connectivity index (χ2n) is 9.62. The van der Waals surface area contributed by atoms with Gasteiger partial charge in [0.1, 0.15) is 12.6 Å². The van der Waals surface area contributed by atoms with Gasteiger partial charge in [0, 0.05) is 23.1 Å². The molecule has 11 heteroatoms. The quantitative estimate of drug-likeness (QED) is 0.434. The fourth-order valence-corrected chi connectivity index (χ4v) is 6.24. The molecule has 0 radical (unpaired) electrons. The first-order chi connectivity index (χ1) is 18.2. The summed E-state index contributed by atoms with van der Waals surface area (Å²) in [6, 6.07) is 11.5. The Balaban J connectivity index is 1.61. The van der Waals surface area contributed by atoms with Gasteiger partial charge in [0.15, 0.2) is 11.5 Å². The number of carbonyl (C=O) groups is 2. The van der Waals surface area contributed by atoms with Gasteiger partial charge in [-0.3, -0.25) is 13.9 Å². The Hall–Kier alpha value is -2.79. The Labute approximate surface area is 232 Å². The first-order valence-corrected chi connectivity index (χ1v) is 15.3. The zero-order valence-electron chi connectivity index (χ0n) is 21.7. The number of rotatable bonds is 10. The lowest BCUT2D eigenvalue weighted by molar-refractivity contribution is -0.139. The lowest BCUT2D eigenvalue weighted by Gasteiger charge is -2.33. The smallest absolute Gasteiger partial charge is 0.244 e. The molecule has 38 heavy (non-hydrogen) atoms. The Morgan fingerprint density at radius 3 is 2.53 bits per heavy atom. The number of carbonyl (C=O) groups excluding carboxylic acids is 2. The van der Waals surface area contributed by atoms with E-state index in [1.165, 1.54) is 11.8 Å². The van der Waals surface area contributed by atoms with Crippen LogP contribution in [0.2, 0.25) is 0 Å². The monoisotopic (exact) mass is 607 g/mol. The van der Waals surface area contributed by atoms with Crippen LogP contribution in [0.5, 0.6) is 11.5 Å². The maximum atomic E-state index is 13.8.